The lowest BCUT2D eigenvalue weighted by Crippen LogP contribution is -2.53. The van der Waals surface area contributed by atoms with E-state index in [0.29, 0.717) is 12.0 Å². The molecule has 3 rings (SSSR count). The van der Waals surface area contributed by atoms with Crippen molar-refractivity contribution in [3.05, 3.63) is 96.1 Å². The fourth-order valence-corrected chi connectivity index (χ4v) is 4.38. The number of hydrogen-bond donors (Lipinski definition) is 2. The van der Waals surface area contributed by atoms with E-state index >= 15 is 0 Å². The summed E-state index contributed by atoms with van der Waals surface area (Å²) in [6.07, 6.45) is 11.7. The topological polar surface area (TPSA) is 110 Å². The summed E-state index contributed by atoms with van der Waals surface area (Å²) in [6.45, 7) is 3.73. The van der Waals surface area contributed by atoms with Gasteiger partial charge in [0, 0.05) is 31.6 Å². The van der Waals surface area contributed by atoms with Gasteiger partial charge in [0.2, 0.25) is 11.8 Å². The Morgan fingerprint density at radius 1 is 0.976 bits per heavy atom. The normalized spacial score (nSPS) is 14.4. The molecular weight excluding hydrogens is 512 g/mol. The zero-order chi connectivity index (χ0) is 30.0. The minimum atomic E-state index is -1.14. The maximum atomic E-state index is 13.8. The van der Waals surface area contributed by atoms with Crippen LogP contribution in [-0.4, -0.2) is 59.2 Å². The van der Waals surface area contributed by atoms with Crippen molar-refractivity contribution >= 4 is 17.7 Å². The number of allylic oxidation sites excluding steroid dienone is 3. The summed E-state index contributed by atoms with van der Waals surface area (Å²) in [5.41, 5.74) is 15.0. The molecule has 2 aromatic carbocycles. The van der Waals surface area contributed by atoms with Crippen molar-refractivity contribution in [1.82, 2.24) is 9.80 Å². The Labute approximate surface area is 243 Å². The molecule has 3 amide bonds. The first-order chi connectivity index (χ1) is 19.5. The molecular formula is C34H40N4O3. The third-order valence-corrected chi connectivity index (χ3v) is 6.86. The van der Waals surface area contributed by atoms with Crippen LogP contribution in [-0.2, 0) is 14.4 Å². The Balaban J connectivity index is 1.89. The van der Waals surface area contributed by atoms with E-state index in [1.807, 2.05) is 86.7 Å². The van der Waals surface area contributed by atoms with Crippen LogP contribution in [0.2, 0.25) is 0 Å². The standard InChI is InChI=1S/C34H40N4O3/c1-34(2,36)23-11-16-31(39)37(3)29(22-19-25-17-20-28(21-18-25)27-14-9-6-10-15-27)33(41)38(4)30(32(35)40)24-26-12-7-5-8-13-26/h6-7,9-18,20-21,29-30H,5,8,23-24,36H2,1-4H3,(H2,35,40). The number of nitrogens with two attached hydrogens (primary N) is 2. The molecule has 0 aliphatic heterocycles. The molecule has 41 heavy (non-hydrogen) atoms. The molecule has 0 bridgehead atoms. The van der Waals surface area contributed by atoms with Gasteiger partial charge in [0.1, 0.15) is 6.04 Å². The highest BCUT2D eigenvalue weighted by atomic mass is 16.2. The second-order valence-corrected chi connectivity index (χ2v) is 11.0. The first-order valence-electron chi connectivity index (χ1n) is 13.8. The predicted molar refractivity (Wildman–Crippen MR) is 164 cm³/mol. The van der Waals surface area contributed by atoms with Crippen LogP contribution in [0.4, 0.5) is 0 Å². The number of amides is 3. The number of hydrogen-bond acceptors (Lipinski definition) is 4. The molecule has 0 saturated heterocycles. The van der Waals surface area contributed by atoms with E-state index in [2.05, 4.69) is 11.8 Å². The van der Waals surface area contributed by atoms with Gasteiger partial charge in [0.15, 0.2) is 6.04 Å². The maximum absolute atomic E-state index is 13.8. The number of likely N-dealkylation sites (N-methyl/N-ethyl adjacent to an activating group) is 2. The van der Waals surface area contributed by atoms with E-state index in [0.717, 1.165) is 29.5 Å². The van der Waals surface area contributed by atoms with Crippen LogP contribution in [0, 0.1) is 11.8 Å². The summed E-state index contributed by atoms with van der Waals surface area (Å²) in [7, 11) is 3.05. The lowest BCUT2D eigenvalue weighted by Gasteiger charge is -2.31. The summed E-state index contributed by atoms with van der Waals surface area (Å²) in [5.74, 6) is 4.52. The Bertz CT molecular complexity index is 1370. The number of nitrogens with zero attached hydrogens (tertiary/aromatic N) is 2. The largest absolute Gasteiger partial charge is 0.368 e. The van der Waals surface area contributed by atoms with Crippen molar-refractivity contribution in [2.24, 2.45) is 11.5 Å². The number of carbonyl (C=O) groups excluding carboxylic acids is 3. The summed E-state index contributed by atoms with van der Waals surface area (Å²) >= 11 is 0. The molecule has 0 fully saturated rings. The molecule has 0 heterocycles. The van der Waals surface area contributed by atoms with E-state index in [9.17, 15) is 14.4 Å². The lowest BCUT2D eigenvalue weighted by atomic mass is 9.98. The number of carbonyl (C=O) groups is 3. The molecule has 0 saturated carbocycles. The van der Waals surface area contributed by atoms with Crippen molar-refractivity contribution in [3.63, 3.8) is 0 Å². The second-order valence-electron chi connectivity index (χ2n) is 11.0. The first kappa shape index (κ1) is 31.1. The molecule has 0 aromatic heterocycles. The minimum absolute atomic E-state index is 0.290. The Morgan fingerprint density at radius 3 is 2.22 bits per heavy atom. The smallest absolute Gasteiger partial charge is 0.258 e. The quantitative estimate of drug-likeness (QED) is 0.340. The van der Waals surface area contributed by atoms with Crippen molar-refractivity contribution in [2.45, 2.75) is 57.2 Å². The van der Waals surface area contributed by atoms with Gasteiger partial charge in [-0.05, 0) is 68.0 Å². The van der Waals surface area contributed by atoms with Gasteiger partial charge < -0.3 is 21.3 Å². The number of benzene rings is 2. The predicted octanol–water partition coefficient (Wildman–Crippen LogP) is 4.19. The molecule has 7 heteroatoms. The van der Waals surface area contributed by atoms with E-state index in [4.69, 9.17) is 11.5 Å². The van der Waals surface area contributed by atoms with Gasteiger partial charge >= 0.3 is 0 Å². The third kappa shape index (κ3) is 9.33. The molecule has 4 N–H and O–H groups in total. The third-order valence-electron chi connectivity index (χ3n) is 6.86. The van der Waals surface area contributed by atoms with Crippen LogP contribution < -0.4 is 11.5 Å². The second kappa shape index (κ2) is 14.3. The highest BCUT2D eigenvalue weighted by Crippen LogP contribution is 2.20. The van der Waals surface area contributed by atoms with Crippen LogP contribution in [0.3, 0.4) is 0 Å². The van der Waals surface area contributed by atoms with Gasteiger partial charge in [0.25, 0.3) is 5.91 Å². The minimum Gasteiger partial charge on any atom is -0.368 e. The van der Waals surface area contributed by atoms with E-state index in [1.165, 1.54) is 30.0 Å². The van der Waals surface area contributed by atoms with Gasteiger partial charge in [-0.3, -0.25) is 14.4 Å². The lowest BCUT2D eigenvalue weighted by molar-refractivity contribution is -0.143. The highest BCUT2D eigenvalue weighted by molar-refractivity contribution is 5.96. The van der Waals surface area contributed by atoms with Crippen molar-refractivity contribution < 1.29 is 14.4 Å². The number of primary amides is 1. The molecule has 0 radical (unpaired) electrons. The SMILES string of the molecule is CN(C(=O)C=CCC(C)(C)N)C(C#Cc1ccc(-c2ccccc2)cc1)C(=O)N(C)C(CC1=CCCC=C1)C(N)=O. The molecule has 1 aliphatic carbocycles. The van der Waals surface area contributed by atoms with Crippen molar-refractivity contribution in [3.8, 4) is 23.0 Å². The van der Waals surface area contributed by atoms with Gasteiger partial charge in [-0.1, -0.05) is 78.6 Å². The fraction of sp³-hybridized carbons (Fsp3) is 0.324. The van der Waals surface area contributed by atoms with Crippen molar-refractivity contribution in [2.75, 3.05) is 14.1 Å². The summed E-state index contributed by atoms with van der Waals surface area (Å²) in [5, 5.41) is 0. The first-order valence-corrected chi connectivity index (χ1v) is 13.8. The molecule has 2 atom stereocenters. The molecule has 2 unspecified atom stereocenters. The maximum Gasteiger partial charge on any atom is 0.258 e. The monoisotopic (exact) mass is 552 g/mol. The Morgan fingerprint density at radius 2 is 1.63 bits per heavy atom. The van der Waals surface area contributed by atoms with Gasteiger partial charge in [0.05, 0.1) is 0 Å². The van der Waals surface area contributed by atoms with E-state index < -0.39 is 35.3 Å². The molecule has 7 nitrogen and oxygen atoms in total. The Kier molecular flexibility index (Phi) is 10.8. The molecule has 2 aromatic rings. The average Bonchev–Trinajstić information content (AvgIpc) is 2.96. The zero-order valence-electron chi connectivity index (χ0n) is 24.3. The molecule has 214 valence electrons. The molecule has 1 aliphatic rings. The van der Waals surface area contributed by atoms with Crippen LogP contribution in [0.1, 0.15) is 45.1 Å². The summed E-state index contributed by atoms with van der Waals surface area (Å²) in [6, 6.07) is 15.6. The zero-order valence-corrected chi connectivity index (χ0v) is 24.3. The van der Waals surface area contributed by atoms with Crippen LogP contribution >= 0.6 is 0 Å². The summed E-state index contributed by atoms with van der Waals surface area (Å²) in [4.78, 5) is 41.9. The average molecular weight is 553 g/mol. The summed E-state index contributed by atoms with van der Waals surface area (Å²) < 4.78 is 0. The number of rotatable bonds is 10. The molecule has 0 spiro atoms. The van der Waals surface area contributed by atoms with E-state index in [1.54, 1.807) is 6.08 Å². The Hall–Kier alpha value is -4.41. The van der Waals surface area contributed by atoms with Crippen molar-refractivity contribution in [1.29, 1.82) is 0 Å². The fourth-order valence-electron chi connectivity index (χ4n) is 4.38. The van der Waals surface area contributed by atoms with Gasteiger partial charge in [-0.25, -0.2) is 0 Å². The van der Waals surface area contributed by atoms with Gasteiger partial charge in [-0.2, -0.15) is 0 Å². The highest BCUT2D eigenvalue weighted by Gasteiger charge is 2.33. The van der Waals surface area contributed by atoms with Crippen LogP contribution in [0.15, 0.2) is 90.6 Å². The van der Waals surface area contributed by atoms with E-state index in [-0.39, 0.29) is 6.42 Å². The van der Waals surface area contributed by atoms with Gasteiger partial charge in [-0.15, -0.1) is 0 Å². The van der Waals surface area contributed by atoms with Crippen LogP contribution in [0.25, 0.3) is 11.1 Å². The van der Waals surface area contributed by atoms with Crippen LogP contribution in [0.5, 0.6) is 0 Å².